The molecule has 0 atom stereocenters. The maximum absolute atomic E-state index is 12.1. The van der Waals surface area contributed by atoms with Crippen molar-refractivity contribution in [2.45, 2.75) is 13.8 Å². The second-order valence-electron chi connectivity index (χ2n) is 3.30. The van der Waals surface area contributed by atoms with Crippen LogP contribution in [0.25, 0.3) is 0 Å². The Morgan fingerprint density at radius 3 is 2.00 bits per heavy atom. The van der Waals surface area contributed by atoms with E-state index < -0.39 is 9.57 Å². The van der Waals surface area contributed by atoms with Gasteiger partial charge in [-0.25, -0.2) is 0 Å². The highest BCUT2D eigenvalue weighted by Crippen LogP contribution is 2.24. The molecule has 1 aromatic rings. The Bertz CT molecular complexity index is 344. The summed E-state index contributed by atoms with van der Waals surface area (Å²) in [6.45, 7) is 4.46. The minimum atomic E-state index is -0.471. The normalized spacial score (nSPS) is 11.4. The van der Waals surface area contributed by atoms with Crippen LogP contribution in [0.3, 0.4) is 0 Å². The predicted molar refractivity (Wildman–Crippen MR) is 59.3 cm³/mol. The molecule has 0 amide bonds. The number of nitro groups is 1. The molecule has 0 saturated carbocycles. The lowest BCUT2D eigenvalue weighted by atomic mass is 10.2. The Hall–Kier alpha value is -1.46. The summed E-state index contributed by atoms with van der Waals surface area (Å²) >= 11 is 0. The van der Waals surface area contributed by atoms with Gasteiger partial charge in [-0.3, -0.25) is 10.1 Å². The number of nitrogens with zero attached hydrogens (tertiary/aromatic N) is 2. The summed E-state index contributed by atoms with van der Waals surface area (Å²) in [5, 5.41) is 22.5. The number of hydrogen-bond acceptors (Lipinski definition) is 3. The highest BCUT2D eigenvalue weighted by Gasteiger charge is 2.16. The van der Waals surface area contributed by atoms with Gasteiger partial charge in [-0.15, -0.1) is 0 Å². The van der Waals surface area contributed by atoms with E-state index in [2.05, 4.69) is 0 Å². The van der Waals surface area contributed by atoms with Crippen molar-refractivity contribution in [1.82, 2.24) is 4.65 Å². The SMILES string of the molecule is CC[N+]([O-])(CC)c1ccc([N+](=O)[O-])cc1. The van der Waals surface area contributed by atoms with Gasteiger partial charge in [0.15, 0.2) is 0 Å². The molecule has 0 N–H and O–H groups in total. The third-order valence-electron chi connectivity index (χ3n) is 2.55. The van der Waals surface area contributed by atoms with Crippen molar-refractivity contribution < 1.29 is 4.92 Å². The number of hydroxylamine groups is 2. The van der Waals surface area contributed by atoms with Crippen LogP contribution in [0.15, 0.2) is 24.3 Å². The number of rotatable bonds is 4. The number of quaternary nitrogens is 1. The lowest BCUT2D eigenvalue weighted by Gasteiger charge is -2.40. The monoisotopic (exact) mass is 210 g/mol. The van der Waals surface area contributed by atoms with Gasteiger partial charge in [-0.05, 0) is 13.8 Å². The van der Waals surface area contributed by atoms with Crippen LogP contribution in [0.5, 0.6) is 0 Å². The minimum absolute atomic E-state index is 0.0116. The molecule has 0 spiro atoms. The molecule has 0 radical (unpaired) electrons. The van der Waals surface area contributed by atoms with Crippen LogP contribution in [0.4, 0.5) is 11.4 Å². The van der Waals surface area contributed by atoms with Crippen molar-refractivity contribution in [1.29, 1.82) is 0 Å². The van der Waals surface area contributed by atoms with Crippen molar-refractivity contribution in [3.05, 3.63) is 39.6 Å². The van der Waals surface area contributed by atoms with Crippen LogP contribution in [-0.2, 0) is 0 Å². The van der Waals surface area contributed by atoms with E-state index in [0.717, 1.165) is 0 Å². The topological polar surface area (TPSA) is 66.2 Å². The van der Waals surface area contributed by atoms with E-state index in [-0.39, 0.29) is 5.69 Å². The molecule has 1 aromatic carbocycles. The van der Waals surface area contributed by atoms with E-state index in [1.807, 2.05) is 0 Å². The van der Waals surface area contributed by atoms with Crippen LogP contribution < -0.4 is 4.65 Å². The second kappa shape index (κ2) is 4.37. The minimum Gasteiger partial charge on any atom is -0.627 e. The maximum atomic E-state index is 12.1. The second-order valence-corrected chi connectivity index (χ2v) is 3.30. The van der Waals surface area contributed by atoms with Gasteiger partial charge in [0.05, 0.1) is 18.0 Å². The van der Waals surface area contributed by atoms with Crippen molar-refractivity contribution >= 4 is 11.4 Å². The smallest absolute Gasteiger partial charge is 0.269 e. The largest absolute Gasteiger partial charge is 0.627 e. The lowest BCUT2D eigenvalue weighted by molar-refractivity contribution is -0.384. The fourth-order valence-electron chi connectivity index (χ4n) is 1.43. The van der Waals surface area contributed by atoms with Crippen molar-refractivity contribution in [2.24, 2.45) is 0 Å². The quantitative estimate of drug-likeness (QED) is 0.435. The highest BCUT2D eigenvalue weighted by molar-refractivity contribution is 5.48. The van der Waals surface area contributed by atoms with E-state index in [9.17, 15) is 15.3 Å². The molecule has 0 aliphatic carbocycles. The first-order valence-electron chi connectivity index (χ1n) is 4.86. The summed E-state index contributed by atoms with van der Waals surface area (Å²) < 4.78 is -0.446. The van der Waals surface area contributed by atoms with E-state index >= 15 is 0 Å². The molecule has 0 aliphatic rings. The fourth-order valence-corrected chi connectivity index (χ4v) is 1.43. The van der Waals surface area contributed by atoms with Crippen molar-refractivity contribution in [3.8, 4) is 0 Å². The fraction of sp³-hybridized carbons (Fsp3) is 0.400. The summed E-state index contributed by atoms with van der Waals surface area (Å²) in [6.07, 6.45) is 0. The Balaban J connectivity index is 3.02. The Labute approximate surface area is 88.3 Å². The molecule has 0 heterocycles. The first kappa shape index (κ1) is 11.6. The lowest BCUT2D eigenvalue weighted by Crippen LogP contribution is -2.42. The van der Waals surface area contributed by atoms with Crippen LogP contribution in [0.2, 0.25) is 0 Å². The molecule has 1 rings (SSSR count). The van der Waals surface area contributed by atoms with Crippen molar-refractivity contribution in [3.63, 3.8) is 0 Å². The van der Waals surface area contributed by atoms with E-state index in [4.69, 9.17) is 0 Å². The average Bonchev–Trinajstić information content (AvgIpc) is 2.28. The molecule has 0 bridgehead atoms. The van der Waals surface area contributed by atoms with E-state index in [1.54, 1.807) is 13.8 Å². The molecule has 5 heteroatoms. The molecule has 0 unspecified atom stereocenters. The zero-order valence-electron chi connectivity index (χ0n) is 8.84. The summed E-state index contributed by atoms with van der Waals surface area (Å²) in [6, 6.07) is 5.79. The van der Waals surface area contributed by atoms with Gasteiger partial charge in [0.2, 0.25) is 0 Å². The third-order valence-corrected chi connectivity index (χ3v) is 2.55. The van der Waals surface area contributed by atoms with Crippen molar-refractivity contribution in [2.75, 3.05) is 13.1 Å². The molecular weight excluding hydrogens is 196 g/mol. The summed E-state index contributed by atoms with van der Waals surface area (Å²) in [5.74, 6) is 0. The summed E-state index contributed by atoms with van der Waals surface area (Å²) in [4.78, 5) is 9.95. The van der Waals surface area contributed by atoms with Gasteiger partial charge >= 0.3 is 0 Å². The van der Waals surface area contributed by atoms with Gasteiger partial charge in [0.1, 0.15) is 5.69 Å². The first-order valence-corrected chi connectivity index (χ1v) is 4.86. The Morgan fingerprint density at radius 1 is 1.20 bits per heavy atom. The zero-order valence-corrected chi connectivity index (χ0v) is 8.84. The average molecular weight is 210 g/mol. The maximum Gasteiger partial charge on any atom is 0.269 e. The number of benzene rings is 1. The number of non-ortho nitro benzene ring substituents is 1. The zero-order chi connectivity index (χ0) is 11.5. The van der Waals surface area contributed by atoms with E-state index in [0.29, 0.717) is 18.8 Å². The Morgan fingerprint density at radius 2 is 1.67 bits per heavy atom. The highest BCUT2D eigenvalue weighted by atomic mass is 16.6. The molecule has 0 aromatic heterocycles. The molecule has 0 fully saturated rings. The van der Waals surface area contributed by atoms with Crippen LogP contribution >= 0.6 is 0 Å². The predicted octanol–water partition coefficient (Wildman–Crippen LogP) is 2.44. The molecule has 0 saturated heterocycles. The standard InChI is InChI=1S/C10H14N2O3/c1-3-12(15,4-2)10-7-5-9(6-8-10)11(13)14/h5-8H,3-4H2,1-2H3. The molecule has 15 heavy (non-hydrogen) atoms. The number of nitro benzene ring substituents is 1. The van der Waals surface area contributed by atoms with Crippen LogP contribution in [0, 0.1) is 15.3 Å². The summed E-state index contributed by atoms with van der Waals surface area (Å²) in [5.41, 5.74) is 0.572. The third kappa shape index (κ3) is 2.31. The Kier molecular flexibility index (Phi) is 3.39. The van der Waals surface area contributed by atoms with Gasteiger partial charge in [0.25, 0.3) is 5.69 Å². The number of hydrogen-bond donors (Lipinski definition) is 0. The molecule has 82 valence electrons. The molecule has 0 aliphatic heterocycles. The summed E-state index contributed by atoms with van der Waals surface area (Å²) in [7, 11) is 0. The van der Waals surface area contributed by atoms with Crippen LogP contribution in [0.1, 0.15) is 13.8 Å². The van der Waals surface area contributed by atoms with Gasteiger partial charge < -0.3 is 9.85 Å². The first-order chi connectivity index (χ1) is 7.03. The van der Waals surface area contributed by atoms with E-state index in [1.165, 1.54) is 24.3 Å². The van der Waals surface area contributed by atoms with Gasteiger partial charge in [0, 0.05) is 24.3 Å². The van der Waals surface area contributed by atoms with Gasteiger partial charge in [-0.1, -0.05) is 0 Å². The molecular formula is C10H14N2O3. The van der Waals surface area contributed by atoms with Gasteiger partial charge in [-0.2, -0.15) is 0 Å². The van der Waals surface area contributed by atoms with Crippen LogP contribution in [-0.4, -0.2) is 18.0 Å². The molecule has 5 nitrogen and oxygen atoms in total.